The summed E-state index contributed by atoms with van der Waals surface area (Å²) in [5.41, 5.74) is -0.756. The molecular formula is C13H14BrClN2O3. The van der Waals surface area contributed by atoms with Crippen LogP contribution in [0.4, 0.5) is 10.5 Å². The van der Waals surface area contributed by atoms with E-state index in [-0.39, 0.29) is 5.92 Å². The van der Waals surface area contributed by atoms with Crippen molar-refractivity contribution in [2.24, 2.45) is 5.92 Å². The van der Waals surface area contributed by atoms with Crippen molar-refractivity contribution in [3.05, 3.63) is 27.7 Å². The Labute approximate surface area is 129 Å². The van der Waals surface area contributed by atoms with Gasteiger partial charge in [0.25, 0.3) is 0 Å². The van der Waals surface area contributed by atoms with Crippen molar-refractivity contribution in [2.75, 3.05) is 5.32 Å². The normalized spacial score (nSPS) is 17.1. The van der Waals surface area contributed by atoms with E-state index in [0.29, 0.717) is 15.2 Å². The summed E-state index contributed by atoms with van der Waals surface area (Å²) in [7, 11) is 0. The molecule has 5 nitrogen and oxygen atoms in total. The number of anilines is 1. The summed E-state index contributed by atoms with van der Waals surface area (Å²) in [6.07, 6.45) is 1.62. The van der Waals surface area contributed by atoms with Crippen molar-refractivity contribution in [3.63, 3.8) is 0 Å². The number of carboxylic acids is 1. The average molecular weight is 362 g/mol. The van der Waals surface area contributed by atoms with E-state index >= 15 is 0 Å². The number of rotatable bonds is 4. The molecule has 1 aliphatic rings. The zero-order valence-corrected chi connectivity index (χ0v) is 13.1. The van der Waals surface area contributed by atoms with E-state index in [4.69, 9.17) is 11.6 Å². The summed E-state index contributed by atoms with van der Waals surface area (Å²) >= 11 is 9.20. The minimum absolute atomic E-state index is 0.0199. The van der Waals surface area contributed by atoms with Gasteiger partial charge in [0.1, 0.15) is 5.54 Å². The van der Waals surface area contributed by atoms with Gasteiger partial charge in [-0.1, -0.05) is 17.7 Å². The quantitative estimate of drug-likeness (QED) is 0.768. The molecule has 3 N–H and O–H groups in total. The van der Waals surface area contributed by atoms with E-state index in [1.807, 2.05) is 0 Å². The second-order valence-electron chi connectivity index (χ2n) is 4.96. The van der Waals surface area contributed by atoms with Crippen LogP contribution >= 0.6 is 27.5 Å². The molecule has 0 bridgehead atoms. The number of carboxylic acid groups (broad SMARTS) is 1. The lowest BCUT2D eigenvalue weighted by Crippen LogP contribution is -2.55. The minimum atomic E-state index is -1.24. The molecule has 108 valence electrons. The highest BCUT2D eigenvalue weighted by Crippen LogP contribution is 2.39. The Balaban J connectivity index is 2.09. The van der Waals surface area contributed by atoms with Crippen molar-refractivity contribution >= 4 is 45.2 Å². The third-order valence-corrected chi connectivity index (χ3v) is 4.81. The van der Waals surface area contributed by atoms with Crippen LogP contribution in [0.1, 0.15) is 19.8 Å². The van der Waals surface area contributed by atoms with Crippen LogP contribution in [0.5, 0.6) is 0 Å². The Hall–Kier alpha value is -1.27. The summed E-state index contributed by atoms with van der Waals surface area (Å²) < 4.78 is 0.556. The molecule has 0 radical (unpaired) electrons. The molecule has 2 rings (SSSR count). The number of hydrogen-bond donors (Lipinski definition) is 3. The minimum Gasteiger partial charge on any atom is -0.480 e. The monoisotopic (exact) mass is 360 g/mol. The van der Waals surface area contributed by atoms with Crippen LogP contribution < -0.4 is 10.6 Å². The van der Waals surface area contributed by atoms with Gasteiger partial charge in [-0.25, -0.2) is 9.59 Å². The molecule has 0 aliphatic heterocycles. The molecular weight excluding hydrogens is 348 g/mol. The van der Waals surface area contributed by atoms with E-state index in [2.05, 4.69) is 26.6 Å². The van der Waals surface area contributed by atoms with Gasteiger partial charge in [-0.2, -0.15) is 0 Å². The van der Waals surface area contributed by atoms with Gasteiger partial charge in [-0.15, -0.1) is 0 Å². The van der Waals surface area contributed by atoms with Gasteiger partial charge in [-0.05, 0) is 53.7 Å². The molecule has 1 fully saturated rings. The number of aliphatic carboxylic acids is 1. The molecule has 1 aliphatic carbocycles. The summed E-state index contributed by atoms with van der Waals surface area (Å²) in [6, 6.07) is 4.48. The van der Waals surface area contributed by atoms with Crippen LogP contribution in [0.25, 0.3) is 0 Å². The van der Waals surface area contributed by atoms with Crippen molar-refractivity contribution in [1.82, 2.24) is 5.32 Å². The Kier molecular flexibility index (Phi) is 4.25. The Bertz CT molecular complexity index is 563. The molecule has 0 heterocycles. The highest BCUT2D eigenvalue weighted by molar-refractivity contribution is 9.10. The predicted octanol–water partition coefficient (Wildman–Crippen LogP) is 3.48. The van der Waals surface area contributed by atoms with Crippen LogP contribution in [0.2, 0.25) is 5.02 Å². The van der Waals surface area contributed by atoms with E-state index in [1.165, 1.54) is 6.92 Å². The Morgan fingerprint density at radius 3 is 2.65 bits per heavy atom. The maximum Gasteiger partial charge on any atom is 0.329 e. The number of nitrogens with one attached hydrogen (secondary N) is 2. The fourth-order valence-electron chi connectivity index (χ4n) is 1.98. The third kappa shape index (κ3) is 3.07. The maximum absolute atomic E-state index is 12.0. The van der Waals surface area contributed by atoms with Crippen LogP contribution in [0, 0.1) is 5.92 Å². The van der Waals surface area contributed by atoms with Crippen LogP contribution in [0.15, 0.2) is 22.7 Å². The second kappa shape index (κ2) is 5.61. The highest BCUT2D eigenvalue weighted by atomic mass is 79.9. The lowest BCUT2D eigenvalue weighted by atomic mass is 9.96. The third-order valence-electron chi connectivity index (χ3n) is 3.41. The molecule has 20 heavy (non-hydrogen) atoms. The molecule has 2 amide bonds. The summed E-state index contributed by atoms with van der Waals surface area (Å²) in [5, 5.41) is 14.9. The fourth-order valence-corrected chi connectivity index (χ4v) is 2.52. The number of carbonyl (C=O) groups excluding carboxylic acids is 1. The van der Waals surface area contributed by atoms with Gasteiger partial charge >= 0.3 is 12.0 Å². The van der Waals surface area contributed by atoms with Crippen LogP contribution in [-0.2, 0) is 4.79 Å². The van der Waals surface area contributed by atoms with Crippen molar-refractivity contribution in [3.8, 4) is 0 Å². The molecule has 1 aromatic rings. The first-order chi connectivity index (χ1) is 9.34. The molecule has 0 spiro atoms. The first-order valence-electron chi connectivity index (χ1n) is 6.11. The van der Waals surface area contributed by atoms with E-state index in [0.717, 1.165) is 12.8 Å². The first-order valence-corrected chi connectivity index (χ1v) is 7.28. The lowest BCUT2D eigenvalue weighted by Gasteiger charge is -2.26. The molecule has 0 saturated heterocycles. The number of benzene rings is 1. The van der Waals surface area contributed by atoms with Gasteiger partial charge in [0.05, 0.1) is 15.2 Å². The highest BCUT2D eigenvalue weighted by Gasteiger charge is 2.48. The summed E-state index contributed by atoms with van der Waals surface area (Å²) in [5.74, 6) is -1.05. The zero-order chi connectivity index (χ0) is 14.9. The van der Waals surface area contributed by atoms with Gasteiger partial charge in [0.15, 0.2) is 0 Å². The second-order valence-corrected chi connectivity index (χ2v) is 6.16. The van der Waals surface area contributed by atoms with Gasteiger partial charge in [0.2, 0.25) is 0 Å². The van der Waals surface area contributed by atoms with Crippen molar-refractivity contribution in [1.29, 1.82) is 0 Å². The van der Waals surface area contributed by atoms with Crippen LogP contribution in [-0.4, -0.2) is 22.6 Å². The van der Waals surface area contributed by atoms with E-state index in [9.17, 15) is 14.7 Å². The standard InChI is InChI=1S/C13H14BrClN2O3/c1-13(11(18)19,7-5-6-7)17-12(20)16-9-4-2-3-8(15)10(9)14/h2-4,7H,5-6H2,1H3,(H,18,19)(H2,16,17,20). The molecule has 7 heteroatoms. The topological polar surface area (TPSA) is 78.4 Å². The number of carbonyl (C=O) groups is 2. The lowest BCUT2D eigenvalue weighted by molar-refractivity contribution is -0.144. The Morgan fingerprint density at radius 2 is 2.10 bits per heavy atom. The summed E-state index contributed by atoms with van der Waals surface area (Å²) in [6.45, 7) is 1.53. The first kappa shape index (κ1) is 15.1. The van der Waals surface area contributed by atoms with Gasteiger partial charge in [0, 0.05) is 0 Å². The number of halogens is 2. The fraction of sp³-hybridized carbons (Fsp3) is 0.385. The van der Waals surface area contributed by atoms with Gasteiger partial charge < -0.3 is 15.7 Å². The number of amides is 2. The number of urea groups is 1. The Morgan fingerprint density at radius 1 is 1.45 bits per heavy atom. The van der Waals surface area contributed by atoms with Gasteiger partial charge in [-0.3, -0.25) is 0 Å². The van der Waals surface area contributed by atoms with Crippen molar-refractivity contribution in [2.45, 2.75) is 25.3 Å². The van der Waals surface area contributed by atoms with E-state index < -0.39 is 17.5 Å². The van der Waals surface area contributed by atoms with E-state index in [1.54, 1.807) is 18.2 Å². The average Bonchev–Trinajstić information content (AvgIpc) is 3.19. The molecule has 1 saturated carbocycles. The molecule has 1 unspecified atom stereocenters. The zero-order valence-electron chi connectivity index (χ0n) is 10.7. The van der Waals surface area contributed by atoms with Crippen molar-refractivity contribution < 1.29 is 14.7 Å². The SMILES string of the molecule is CC(NC(=O)Nc1cccc(Cl)c1Br)(C(=O)O)C1CC1. The van der Waals surface area contributed by atoms with Crippen LogP contribution in [0.3, 0.4) is 0 Å². The summed E-state index contributed by atoms with van der Waals surface area (Å²) in [4.78, 5) is 23.3. The molecule has 1 aromatic carbocycles. The molecule has 0 aromatic heterocycles. The smallest absolute Gasteiger partial charge is 0.329 e. The largest absolute Gasteiger partial charge is 0.480 e. The maximum atomic E-state index is 12.0. The predicted molar refractivity (Wildman–Crippen MR) is 80.1 cm³/mol. The molecule has 1 atom stereocenters. The number of hydrogen-bond acceptors (Lipinski definition) is 2.